The second-order valence-electron chi connectivity index (χ2n) is 6.14. The third-order valence-electron chi connectivity index (χ3n) is 3.90. The molecule has 138 valence electrons. The van der Waals surface area contributed by atoms with Gasteiger partial charge in [-0.15, -0.1) is 0 Å². The normalized spacial score (nSPS) is 10.6. The summed E-state index contributed by atoms with van der Waals surface area (Å²) in [5.74, 6) is -0.412. The number of aromatic nitrogens is 3. The fourth-order valence-electron chi connectivity index (χ4n) is 2.62. The van der Waals surface area contributed by atoms with Crippen LogP contribution < -0.4 is 0 Å². The quantitative estimate of drug-likeness (QED) is 0.624. The van der Waals surface area contributed by atoms with Crippen LogP contribution in [0.25, 0.3) is 22.8 Å². The molecule has 0 spiro atoms. The number of ether oxygens (including phenoxy) is 2. The summed E-state index contributed by atoms with van der Waals surface area (Å²) in [4.78, 5) is 25.1. The van der Waals surface area contributed by atoms with Crippen LogP contribution in [0.15, 0.2) is 48.5 Å². The highest BCUT2D eigenvalue weighted by molar-refractivity contribution is 5.70. The highest BCUT2D eigenvalue weighted by Gasteiger charge is 2.10. The lowest BCUT2D eigenvalue weighted by Gasteiger charge is -2.10. The van der Waals surface area contributed by atoms with Crippen molar-refractivity contribution in [1.82, 2.24) is 15.0 Å². The molecule has 0 saturated carbocycles. The second kappa shape index (κ2) is 8.51. The maximum atomic E-state index is 11.3. The zero-order valence-corrected chi connectivity index (χ0v) is 15.6. The van der Waals surface area contributed by atoms with Gasteiger partial charge in [0.15, 0.2) is 0 Å². The smallest absolute Gasteiger partial charge is 0.331 e. The number of carbonyl (C=O) groups is 1. The predicted molar refractivity (Wildman–Crippen MR) is 102 cm³/mol. The molecule has 0 aromatic carbocycles. The summed E-state index contributed by atoms with van der Waals surface area (Å²) in [6, 6.07) is 15.4. The summed E-state index contributed by atoms with van der Waals surface area (Å²) < 4.78 is 10.1. The lowest BCUT2D eigenvalue weighted by atomic mass is 10.1. The lowest BCUT2D eigenvalue weighted by Crippen LogP contribution is -2.10. The van der Waals surface area contributed by atoms with E-state index in [0.717, 1.165) is 39.7 Å². The van der Waals surface area contributed by atoms with Crippen LogP contribution in [0.3, 0.4) is 0 Å². The number of methoxy groups -OCH3 is 1. The third-order valence-corrected chi connectivity index (χ3v) is 3.90. The standard InChI is InChI=1S/C21H21N3O3/c1-14-6-4-8-17(22-14)19-10-16(12-27-13-21(25)26-3)11-20(24-19)18-9-5-7-15(2)23-18/h4-11H,12-13H2,1-3H3. The molecule has 0 amide bonds. The fraction of sp³-hybridized carbons (Fsp3) is 0.238. The van der Waals surface area contributed by atoms with Crippen molar-refractivity contribution in [3.05, 3.63) is 65.5 Å². The molecule has 3 aromatic heterocycles. The van der Waals surface area contributed by atoms with Crippen LogP contribution in [0.4, 0.5) is 0 Å². The van der Waals surface area contributed by atoms with Crippen molar-refractivity contribution in [2.75, 3.05) is 13.7 Å². The Labute approximate surface area is 158 Å². The van der Waals surface area contributed by atoms with Gasteiger partial charge in [0.2, 0.25) is 0 Å². The van der Waals surface area contributed by atoms with Crippen LogP contribution in [-0.4, -0.2) is 34.6 Å². The van der Waals surface area contributed by atoms with E-state index in [2.05, 4.69) is 14.7 Å². The number of hydrogen-bond donors (Lipinski definition) is 0. The molecule has 6 nitrogen and oxygen atoms in total. The third kappa shape index (κ3) is 4.95. The number of rotatable bonds is 6. The van der Waals surface area contributed by atoms with Crippen LogP contribution in [0, 0.1) is 13.8 Å². The van der Waals surface area contributed by atoms with Gasteiger partial charge < -0.3 is 9.47 Å². The number of nitrogens with zero attached hydrogens (tertiary/aromatic N) is 3. The Kier molecular flexibility index (Phi) is 5.88. The molecule has 0 radical (unpaired) electrons. The summed E-state index contributed by atoms with van der Waals surface area (Å²) in [5, 5.41) is 0. The first-order valence-electron chi connectivity index (χ1n) is 8.59. The minimum atomic E-state index is -0.412. The molecule has 0 atom stereocenters. The van der Waals surface area contributed by atoms with Crippen LogP contribution in [-0.2, 0) is 20.9 Å². The number of hydrogen-bond acceptors (Lipinski definition) is 6. The van der Waals surface area contributed by atoms with Crippen molar-refractivity contribution in [3.8, 4) is 22.8 Å². The Balaban J connectivity index is 1.98. The summed E-state index contributed by atoms with van der Waals surface area (Å²) >= 11 is 0. The van der Waals surface area contributed by atoms with Gasteiger partial charge in [-0.2, -0.15) is 0 Å². The number of carbonyl (C=O) groups excluding carboxylic acids is 1. The van der Waals surface area contributed by atoms with Crippen molar-refractivity contribution in [3.63, 3.8) is 0 Å². The maximum absolute atomic E-state index is 11.3. The van der Waals surface area contributed by atoms with Gasteiger partial charge in [-0.05, 0) is 55.8 Å². The number of aryl methyl sites for hydroxylation is 2. The van der Waals surface area contributed by atoms with E-state index in [1.807, 2.05) is 62.4 Å². The Morgan fingerprint density at radius 1 is 0.852 bits per heavy atom. The largest absolute Gasteiger partial charge is 0.467 e. The van der Waals surface area contributed by atoms with Gasteiger partial charge in [0.1, 0.15) is 6.61 Å². The van der Waals surface area contributed by atoms with E-state index in [0.29, 0.717) is 0 Å². The highest BCUT2D eigenvalue weighted by Crippen LogP contribution is 2.23. The SMILES string of the molecule is COC(=O)COCc1cc(-c2cccc(C)n2)nc(-c2cccc(C)n2)c1. The van der Waals surface area contributed by atoms with Gasteiger partial charge in [-0.1, -0.05) is 12.1 Å². The number of esters is 1. The maximum Gasteiger partial charge on any atom is 0.331 e. The van der Waals surface area contributed by atoms with Gasteiger partial charge in [0.25, 0.3) is 0 Å². The average Bonchev–Trinajstić information content (AvgIpc) is 2.67. The first-order valence-corrected chi connectivity index (χ1v) is 8.59. The summed E-state index contributed by atoms with van der Waals surface area (Å²) in [6.07, 6.45) is 0. The molecule has 0 aliphatic carbocycles. The predicted octanol–water partition coefficient (Wildman–Crippen LogP) is 3.51. The van der Waals surface area contributed by atoms with Crippen LogP contribution >= 0.6 is 0 Å². The molecule has 0 aliphatic rings. The summed E-state index contributed by atoms with van der Waals surface area (Å²) in [5.41, 5.74) is 5.73. The van der Waals surface area contributed by atoms with Gasteiger partial charge in [-0.25, -0.2) is 9.78 Å². The Morgan fingerprint density at radius 2 is 1.41 bits per heavy atom. The van der Waals surface area contributed by atoms with Gasteiger partial charge in [0.05, 0.1) is 36.5 Å². The van der Waals surface area contributed by atoms with Crippen molar-refractivity contribution in [2.24, 2.45) is 0 Å². The lowest BCUT2D eigenvalue weighted by molar-refractivity contribution is -0.146. The van der Waals surface area contributed by atoms with E-state index >= 15 is 0 Å². The summed E-state index contributed by atoms with van der Waals surface area (Å²) in [6.45, 7) is 4.04. The monoisotopic (exact) mass is 363 g/mol. The topological polar surface area (TPSA) is 74.2 Å². The van der Waals surface area contributed by atoms with E-state index in [4.69, 9.17) is 9.72 Å². The molecule has 27 heavy (non-hydrogen) atoms. The first kappa shape index (κ1) is 18.7. The molecule has 0 bridgehead atoms. The van der Waals surface area contributed by atoms with Gasteiger partial charge in [0, 0.05) is 11.4 Å². The molecule has 3 aromatic rings. The summed E-state index contributed by atoms with van der Waals surface area (Å²) in [7, 11) is 1.33. The van der Waals surface area contributed by atoms with Crippen molar-refractivity contribution >= 4 is 5.97 Å². The second-order valence-corrected chi connectivity index (χ2v) is 6.14. The van der Waals surface area contributed by atoms with E-state index in [1.165, 1.54) is 7.11 Å². The first-order chi connectivity index (χ1) is 13.0. The molecule has 6 heteroatoms. The molecule has 0 aliphatic heterocycles. The molecule has 3 rings (SSSR count). The minimum Gasteiger partial charge on any atom is -0.467 e. The van der Waals surface area contributed by atoms with Crippen molar-refractivity contribution < 1.29 is 14.3 Å². The minimum absolute atomic E-state index is 0.102. The Bertz CT molecular complexity index is 893. The molecular weight excluding hydrogens is 342 g/mol. The van der Waals surface area contributed by atoms with E-state index in [1.54, 1.807) is 0 Å². The fourth-order valence-corrected chi connectivity index (χ4v) is 2.62. The Morgan fingerprint density at radius 3 is 1.89 bits per heavy atom. The van der Waals surface area contributed by atoms with Gasteiger partial charge >= 0.3 is 5.97 Å². The van der Waals surface area contributed by atoms with E-state index in [9.17, 15) is 4.79 Å². The number of pyridine rings is 3. The highest BCUT2D eigenvalue weighted by atomic mass is 16.6. The van der Waals surface area contributed by atoms with Crippen LogP contribution in [0.1, 0.15) is 17.0 Å². The van der Waals surface area contributed by atoms with Crippen LogP contribution in [0.2, 0.25) is 0 Å². The zero-order valence-electron chi connectivity index (χ0n) is 15.6. The van der Waals surface area contributed by atoms with E-state index in [-0.39, 0.29) is 13.2 Å². The Hall–Kier alpha value is -3.12. The van der Waals surface area contributed by atoms with E-state index < -0.39 is 5.97 Å². The molecular formula is C21H21N3O3. The molecule has 0 fully saturated rings. The van der Waals surface area contributed by atoms with Gasteiger partial charge in [-0.3, -0.25) is 9.97 Å². The average molecular weight is 363 g/mol. The molecule has 0 unspecified atom stereocenters. The van der Waals surface area contributed by atoms with Crippen molar-refractivity contribution in [2.45, 2.75) is 20.5 Å². The molecule has 3 heterocycles. The molecule has 0 N–H and O–H groups in total. The van der Waals surface area contributed by atoms with Crippen molar-refractivity contribution in [1.29, 1.82) is 0 Å². The zero-order chi connectivity index (χ0) is 19.2. The molecule has 0 saturated heterocycles. The van der Waals surface area contributed by atoms with Crippen LogP contribution in [0.5, 0.6) is 0 Å².